The number of hydrogen-bond donors (Lipinski definition) is 2. The van der Waals surface area contributed by atoms with Crippen LogP contribution in [0.4, 0.5) is 0 Å². The molecule has 0 aromatic rings. The Morgan fingerprint density at radius 2 is 0.706 bits per heavy atom. The number of likely N-dealkylation sites (N-methyl/N-ethyl adjacent to an activating group) is 1. The zero-order valence-electron chi connectivity index (χ0n) is 20.7. The molecule has 0 radical (unpaired) electrons. The molecule has 0 aromatic carbocycles. The maximum atomic E-state index is 10.3. The van der Waals surface area contributed by atoms with Gasteiger partial charge in [-0.2, -0.15) is 0 Å². The monoisotopic (exact) mass is 499 g/mol. The fourth-order valence-electron chi connectivity index (χ4n) is 2.20. The van der Waals surface area contributed by atoms with E-state index in [1.807, 2.05) is 7.05 Å². The molecule has 12 nitrogen and oxygen atoms in total. The van der Waals surface area contributed by atoms with Gasteiger partial charge in [-0.05, 0) is 7.05 Å². The zero-order valence-corrected chi connectivity index (χ0v) is 20.7. The summed E-state index contributed by atoms with van der Waals surface area (Å²) in [5, 5.41) is 11.5. The van der Waals surface area contributed by atoms with Crippen molar-refractivity contribution in [2.45, 2.75) is 6.42 Å². The smallest absolute Gasteiger partial charge is 0.305 e. The molecule has 12 heteroatoms. The van der Waals surface area contributed by atoms with Crippen molar-refractivity contribution < 1.29 is 52.5 Å². The topological polar surface area (TPSA) is 132 Å². The number of aliphatic carboxylic acids is 1. The third kappa shape index (κ3) is 31.1. The Morgan fingerprint density at radius 1 is 0.471 bits per heavy atom. The molecule has 0 unspecified atom stereocenters. The Morgan fingerprint density at radius 3 is 0.941 bits per heavy atom. The van der Waals surface area contributed by atoms with E-state index in [1.165, 1.54) is 0 Å². The third-order valence-electron chi connectivity index (χ3n) is 3.93. The molecule has 0 bridgehead atoms. The van der Waals surface area contributed by atoms with Crippen LogP contribution < -0.4 is 5.32 Å². The number of ether oxygens (including phenoxy) is 9. The number of carbonyl (C=O) groups is 1. The van der Waals surface area contributed by atoms with E-state index in [4.69, 9.17) is 47.7 Å². The normalized spacial score (nSPS) is 11.3. The molecule has 0 aliphatic rings. The summed E-state index contributed by atoms with van der Waals surface area (Å²) in [4.78, 5) is 10.3. The molecule has 0 aromatic heterocycles. The van der Waals surface area contributed by atoms with Crippen LogP contribution in [0.3, 0.4) is 0 Å². The lowest BCUT2D eigenvalue weighted by Crippen LogP contribution is -2.17. The molecule has 204 valence electrons. The Bertz CT molecular complexity index is 405. The Labute approximate surface area is 203 Å². The molecule has 0 atom stereocenters. The average Bonchev–Trinajstić information content (AvgIpc) is 2.83. The number of hydrogen-bond acceptors (Lipinski definition) is 11. The lowest BCUT2D eigenvalue weighted by molar-refractivity contribution is -0.138. The lowest BCUT2D eigenvalue weighted by Gasteiger charge is -2.08. The molecule has 0 aliphatic carbocycles. The predicted octanol–water partition coefficient (Wildman–Crippen LogP) is -0.170. The van der Waals surface area contributed by atoms with Crippen molar-refractivity contribution in [3.8, 4) is 0 Å². The van der Waals surface area contributed by atoms with E-state index in [1.54, 1.807) is 0 Å². The largest absolute Gasteiger partial charge is 0.481 e. The SMILES string of the molecule is CNCCOCCOCCOCCOCCOCCOCCOCCOCCOCCC(=O)O. The van der Waals surface area contributed by atoms with Crippen LogP contribution in [0.1, 0.15) is 6.42 Å². The second-order valence-corrected chi connectivity index (χ2v) is 6.76. The fourth-order valence-corrected chi connectivity index (χ4v) is 2.20. The van der Waals surface area contributed by atoms with E-state index < -0.39 is 5.97 Å². The van der Waals surface area contributed by atoms with Crippen molar-refractivity contribution in [3.63, 3.8) is 0 Å². The summed E-state index contributed by atoms with van der Waals surface area (Å²) in [5.41, 5.74) is 0. The van der Waals surface area contributed by atoms with Crippen LogP contribution in [0.2, 0.25) is 0 Å². The highest BCUT2D eigenvalue weighted by Crippen LogP contribution is 1.87. The van der Waals surface area contributed by atoms with Gasteiger partial charge < -0.3 is 53.1 Å². The standard InChI is InChI=1S/C22H45NO11/c1-23-3-5-27-7-9-29-11-13-31-15-17-33-19-21-34-20-18-32-16-14-30-12-10-28-8-6-26-4-2-22(24)25/h23H,2-21H2,1H3,(H,24,25). The molecule has 0 spiro atoms. The molecule has 0 aliphatic heterocycles. The molecule has 0 heterocycles. The van der Waals surface area contributed by atoms with E-state index in [2.05, 4.69) is 5.32 Å². The van der Waals surface area contributed by atoms with Gasteiger partial charge in [0.15, 0.2) is 0 Å². The second kappa shape index (κ2) is 30.1. The van der Waals surface area contributed by atoms with E-state index >= 15 is 0 Å². The molecule has 0 amide bonds. The van der Waals surface area contributed by atoms with Crippen LogP contribution in [0.25, 0.3) is 0 Å². The maximum absolute atomic E-state index is 10.3. The van der Waals surface area contributed by atoms with Crippen molar-refractivity contribution in [1.82, 2.24) is 5.32 Å². The lowest BCUT2D eigenvalue weighted by atomic mass is 10.5. The molecule has 0 saturated carbocycles. The fraction of sp³-hybridized carbons (Fsp3) is 0.955. The number of nitrogens with one attached hydrogen (secondary N) is 1. The summed E-state index contributed by atoms with van der Waals surface area (Å²) in [7, 11) is 1.89. The minimum absolute atomic E-state index is 0.00342. The summed E-state index contributed by atoms with van der Waals surface area (Å²) in [6.07, 6.45) is 0.00342. The third-order valence-corrected chi connectivity index (χ3v) is 3.93. The molecule has 0 rings (SSSR count). The van der Waals surface area contributed by atoms with Crippen molar-refractivity contribution in [1.29, 1.82) is 0 Å². The molecular weight excluding hydrogens is 454 g/mol. The Balaban J connectivity index is 3.01. The van der Waals surface area contributed by atoms with E-state index in [0.29, 0.717) is 112 Å². The van der Waals surface area contributed by atoms with Gasteiger partial charge in [-0.25, -0.2) is 0 Å². The van der Waals surface area contributed by atoms with Crippen LogP contribution in [-0.2, 0) is 47.4 Å². The highest BCUT2D eigenvalue weighted by Gasteiger charge is 1.97. The first kappa shape index (κ1) is 33.1. The van der Waals surface area contributed by atoms with E-state index in [9.17, 15) is 4.79 Å². The van der Waals surface area contributed by atoms with E-state index in [-0.39, 0.29) is 13.0 Å². The minimum atomic E-state index is -0.870. The van der Waals surface area contributed by atoms with Crippen molar-refractivity contribution >= 4 is 5.97 Å². The number of carboxylic acids is 1. The van der Waals surface area contributed by atoms with Gasteiger partial charge in [-0.3, -0.25) is 4.79 Å². The van der Waals surface area contributed by atoms with Crippen LogP contribution in [0.15, 0.2) is 0 Å². The van der Waals surface area contributed by atoms with Gasteiger partial charge in [-0.15, -0.1) is 0 Å². The van der Waals surface area contributed by atoms with Crippen LogP contribution in [0, 0.1) is 0 Å². The number of carboxylic acid groups (broad SMARTS) is 1. The summed E-state index contributed by atoms with van der Waals surface area (Å²) in [5.74, 6) is -0.870. The first-order valence-electron chi connectivity index (χ1n) is 11.8. The molecule has 0 saturated heterocycles. The first-order chi connectivity index (χ1) is 16.8. The van der Waals surface area contributed by atoms with Gasteiger partial charge in [0.1, 0.15) is 0 Å². The van der Waals surface area contributed by atoms with Gasteiger partial charge in [0.05, 0.1) is 125 Å². The summed E-state index contributed by atoms with van der Waals surface area (Å²) in [6.45, 7) is 9.72. The second-order valence-electron chi connectivity index (χ2n) is 6.76. The van der Waals surface area contributed by atoms with Crippen LogP contribution >= 0.6 is 0 Å². The van der Waals surface area contributed by atoms with Gasteiger partial charge >= 0.3 is 5.97 Å². The molecule has 2 N–H and O–H groups in total. The summed E-state index contributed by atoms with van der Waals surface area (Å²) in [6, 6.07) is 0. The Hall–Kier alpha value is -0.930. The number of rotatable bonds is 30. The maximum Gasteiger partial charge on any atom is 0.305 e. The van der Waals surface area contributed by atoms with Crippen LogP contribution in [0.5, 0.6) is 0 Å². The molecule has 34 heavy (non-hydrogen) atoms. The average molecular weight is 500 g/mol. The predicted molar refractivity (Wildman–Crippen MR) is 124 cm³/mol. The first-order valence-corrected chi connectivity index (χ1v) is 11.8. The molecular formula is C22H45NO11. The van der Waals surface area contributed by atoms with Crippen molar-refractivity contribution in [3.05, 3.63) is 0 Å². The van der Waals surface area contributed by atoms with Gasteiger partial charge in [0.2, 0.25) is 0 Å². The Kier molecular flexibility index (Phi) is 29.3. The highest BCUT2D eigenvalue weighted by atomic mass is 16.6. The van der Waals surface area contributed by atoms with Crippen LogP contribution in [-0.4, -0.2) is 144 Å². The quantitative estimate of drug-likeness (QED) is 0.127. The van der Waals surface area contributed by atoms with Gasteiger partial charge in [-0.1, -0.05) is 0 Å². The minimum Gasteiger partial charge on any atom is -0.481 e. The van der Waals surface area contributed by atoms with Crippen molar-refractivity contribution in [2.75, 3.05) is 133 Å². The highest BCUT2D eigenvalue weighted by molar-refractivity contribution is 5.66. The summed E-state index contributed by atoms with van der Waals surface area (Å²) < 4.78 is 48.2. The molecule has 0 fully saturated rings. The summed E-state index contributed by atoms with van der Waals surface area (Å²) >= 11 is 0. The van der Waals surface area contributed by atoms with Gasteiger partial charge in [0, 0.05) is 6.54 Å². The van der Waals surface area contributed by atoms with Gasteiger partial charge in [0.25, 0.3) is 0 Å². The zero-order chi connectivity index (χ0) is 24.8. The van der Waals surface area contributed by atoms with E-state index in [0.717, 1.165) is 6.54 Å². The van der Waals surface area contributed by atoms with Crippen molar-refractivity contribution in [2.24, 2.45) is 0 Å².